The van der Waals surface area contributed by atoms with Crippen LogP contribution in [0.25, 0.3) is 0 Å². The van der Waals surface area contributed by atoms with E-state index >= 15 is 0 Å². The summed E-state index contributed by atoms with van der Waals surface area (Å²) < 4.78 is 17.6. The highest BCUT2D eigenvalue weighted by molar-refractivity contribution is 5.67. The summed E-state index contributed by atoms with van der Waals surface area (Å²) in [6, 6.07) is 3.14. The Bertz CT molecular complexity index is 1080. The Morgan fingerprint density at radius 1 is 1.18 bits per heavy atom. The van der Waals surface area contributed by atoms with Crippen molar-refractivity contribution < 1.29 is 33.7 Å². The third-order valence-electron chi connectivity index (χ3n) is 10.4. The van der Waals surface area contributed by atoms with Gasteiger partial charge in [-0.1, -0.05) is 6.92 Å². The zero-order valence-electron chi connectivity index (χ0n) is 19.6. The number of fused-ring (bicyclic) bond motifs is 3. The number of rotatable bonds is 3. The molecule has 1 aromatic rings. The minimum Gasteiger partial charge on any atom is -0.459 e. The van der Waals surface area contributed by atoms with Gasteiger partial charge in [-0.25, -0.2) is 4.79 Å². The van der Waals surface area contributed by atoms with Gasteiger partial charge in [-0.3, -0.25) is 4.79 Å². The fourth-order valence-corrected chi connectivity index (χ4v) is 9.05. The van der Waals surface area contributed by atoms with Gasteiger partial charge >= 0.3 is 11.6 Å². The molecule has 0 bridgehead atoms. The predicted molar refractivity (Wildman–Crippen MR) is 118 cm³/mol. The van der Waals surface area contributed by atoms with E-state index in [4.69, 9.17) is 13.9 Å². The third-order valence-corrected chi connectivity index (χ3v) is 10.4. The maximum absolute atomic E-state index is 12.7. The van der Waals surface area contributed by atoms with Crippen LogP contribution in [0.4, 0.5) is 0 Å². The van der Waals surface area contributed by atoms with Gasteiger partial charge in [0, 0.05) is 30.7 Å². The summed E-state index contributed by atoms with van der Waals surface area (Å²) in [6.45, 7) is 3.56. The van der Waals surface area contributed by atoms with Gasteiger partial charge in [-0.15, -0.1) is 0 Å². The van der Waals surface area contributed by atoms with Crippen LogP contribution in [-0.4, -0.2) is 52.0 Å². The van der Waals surface area contributed by atoms with E-state index in [0.29, 0.717) is 25.7 Å². The Hall–Kier alpha value is -2.03. The Kier molecular flexibility index (Phi) is 4.63. The Morgan fingerprint density at radius 3 is 2.62 bits per heavy atom. The van der Waals surface area contributed by atoms with Gasteiger partial charge in [0.2, 0.25) is 0 Å². The highest BCUT2D eigenvalue weighted by Gasteiger charge is 2.85. The van der Waals surface area contributed by atoms with Crippen LogP contribution in [0.5, 0.6) is 0 Å². The molecule has 4 aliphatic carbocycles. The molecule has 6 rings (SSSR count). The lowest BCUT2D eigenvalue weighted by Gasteiger charge is -2.62. The smallest absolute Gasteiger partial charge is 0.335 e. The molecule has 1 spiro atoms. The summed E-state index contributed by atoms with van der Waals surface area (Å²) in [7, 11) is 0. The average molecular weight is 473 g/mol. The number of hydrogen-bond donors (Lipinski definition) is 2. The molecule has 5 fully saturated rings. The van der Waals surface area contributed by atoms with Crippen LogP contribution in [-0.2, 0) is 19.1 Å². The van der Waals surface area contributed by atoms with E-state index in [0.717, 1.165) is 24.7 Å². The van der Waals surface area contributed by atoms with Crippen molar-refractivity contribution in [1.82, 2.24) is 0 Å². The minimum absolute atomic E-state index is 0.0238. The molecule has 4 saturated carbocycles. The fourth-order valence-electron chi connectivity index (χ4n) is 9.05. The van der Waals surface area contributed by atoms with Gasteiger partial charge in [-0.2, -0.15) is 0 Å². The first kappa shape index (κ1) is 22.4. The molecule has 1 saturated heterocycles. The second kappa shape index (κ2) is 7.02. The van der Waals surface area contributed by atoms with Crippen LogP contribution in [0.1, 0.15) is 70.3 Å². The number of carbonyl (C=O) groups is 2. The van der Waals surface area contributed by atoms with Gasteiger partial charge in [-0.05, 0) is 62.0 Å². The second-order valence-corrected chi connectivity index (χ2v) is 11.6. The largest absolute Gasteiger partial charge is 0.459 e. The highest BCUT2D eigenvalue weighted by atomic mass is 16.7. The summed E-state index contributed by atoms with van der Waals surface area (Å²) in [6.07, 6.45) is 4.77. The van der Waals surface area contributed by atoms with Crippen LogP contribution in [0.15, 0.2) is 27.6 Å². The lowest BCUT2D eigenvalue weighted by Crippen LogP contribution is -2.66. The SMILES string of the molecule is CC(=O)O[C@H]1[C@@H]2O[C@]23[C@@H]2CC[C@]4(O)C[C@@H](O)CC[C@]4(C=O)[C@H]2CC[C@]3(C)[C@H]1c1ccc(=O)oc1. The van der Waals surface area contributed by atoms with Crippen LogP contribution in [0.2, 0.25) is 0 Å². The maximum atomic E-state index is 12.7. The molecule has 2 N–H and O–H groups in total. The monoisotopic (exact) mass is 472 g/mol. The molecule has 5 aliphatic rings. The normalized spacial score (nSPS) is 50.8. The average Bonchev–Trinajstić information content (AvgIpc) is 3.49. The van der Waals surface area contributed by atoms with E-state index in [-0.39, 0.29) is 36.2 Å². The van der Waals surface area contributed by atoms with Crippen molar-refractivity contribution in [3.05, 3.63) is 34.4 Å². The molecular weight excluding hydrogens is 440 g/mol. The number of esters is 1. The molecule has 184 valence electrons. The standard InChI is InChI=1S/C26H32O8/c1-14(28)33-21-20(15-3-4-19(30)32-12-15)23(2)8-6-17-18(26(23)22(21)34-26)7-10-25(31)11-16(29)5-9-24(17,25)13-27/h3-4,12-13,16-18,20-22,29,31H,5-11H2,1-2H3/t16-,17-,18+,20-,21+,22-,23+,24-,25-,26+/m0/s1. The van der Waals surface area contributed by atoms with E-state index in [1.54, 1.807) is 6.07 Å². The number of aliphatic hydroxyl groups is 2. The van der Waals surface area contributed by atoms with Crippen molar-refractivity contribution in [3.8, 4) is 0 Å². The molecule has 10 atom stereocenters. The highest BCUT2D eigenvalue weighted by Crippen LogP contribution is 2.78. The summed E-state index contributed by atoms with van der Waals surface area (Å²) in [4.78, 5) is 36.4. The summed E-state index contributed by atoms with van der Waals surface area (Å²) in [5.41, 5.74) is -2.72. The van der Waals surface area contributed by atoms with E-state index in [1.165, 1.54) is 19.3 Å². The molecule has 0 aromatic carbocycles. The first-order valence-electron chi connectivity index (χ1n) is 12.4. The van der Waals surface area contributed by atoms with Crippen molar-refractivity contribution in [2.24, 2.45) is 22.7 Å². The van der Waals surface area contributed by atoms with Crippen LogP contribution in [0.3, 0.4) is 0 Å². The number of aldehydes is 1. The van der Waals surface area contributed by atoms with Gasteiger partial charge < -0.3 is 28.9 Å². The van der Waals surface area contributed by atoms with Gasteiger partial charge in [0.05, 0.1) is 23.4 Å². The summed E-state index contributed by atoms with van der Waals surface area (Å²) >= 11 is 0. The van der Waals surface area contributed by atoms with Crippen molar-refractivity contribution in [2.75, 3.05) is 0 Å². The van der Waals surface area contributed by atoms with E-state index in [9.17, 15) is 24.6 Å². The van der Waals surface area contributed by atoms with Crippen LogP contribution in [0, 0.1) is 22.7 Å². The molecule has 1 aliphatic heterocycles. The van der Waals surface area contributed by atoms with Gasteiger partial charge in [0.1, 0.15) is 24.1 Å². The van der Waals surface area contributed by atoms with Gasteiger partial charge in [0.15, 0.2) is 0 Å². The molecular formula is C26H32O8. The topological polar surface area (TPSA) is 127 Å². The Labute approximate surface area is 197 Å². The van der Waals surface area contributed by atoms with Crippen LogP contribution < -0.4 is 5.63 Å². The quantitative estimate of drug-likeness (QED) is 0.389. The number of hydrogen-bond acceptors (Lipinski definition) is 8. The van der Waals surface area contributed by atoms with Crippen LogP contribution >= 0.6 is 0 Å². The summed E-state index contributed by atoms with van der Waals surface area (Å²) in [5, 5.41) is 21.9. The van der Waals surface area contributed by atoms with E-state index in [2.05, 4.69) is 6.92 Å². The maximum Gasteiger partial charge on any atom is 0.335 e. The van der Waals surface area contributed by atoms with Crippen molar-refractivity contribution in [3.63, 3.8) is 0 Å². The summed E-state index contributed by atoms with van der Waals surface area (Å²) in [5.74, 6) is -0.641. The number of carbonyl (C=O) groups excluding carboxylic acids is 2. The molecule has 0 radical (unpaired) electrons. The van der Waals surface area contributed by atoms with E-state index < -0.39 is 39.9 Å². The third kappa shape index (κ3) is 2.57. The van der Waals surface area contributed by atoms with Crippen molar-refractivity contribution in [1.29, 1.82) is 0 Å². The number of aliphatic hydroxyl groups excluding tert-OH is 1. The molecule has 2 heterocycles. The zero-order chi connectivity index (χ0) is 24.1. The number of ether oxygens (including phenoxy) is 2. The first-order valence-corrected chi connectivity index (χ1v) is 12.4. The number of epoxide rings is 1. The minimum atomic E-state index is -1.21. The molecule has 1 aromatic heterocycles. The molecule has 34 heavy (non-hydrogen) atoms. The molecule has 8 heteroatoms. The zero-order valence-corrected chi connectivity index (χ0v) is 19.6. The fraction of sp³-hybridized carbons (Fsp3) is 0.731. The van der Waals surface area contributed by atoms with E-state index in [1.807, 2.05) is 0 Å². The molecule has 0 unspecified atom stereocenters. The van der Waals surface area contributed by atoms with Gasteiger partial charge in [0.25, 0.3) is 0 Å². The lowest BCUT2D eigenvalue weighted by atomic mass is 9.42. The Balaban J connectivity index is 1.44. The lowest BCUT2D eigenvalue weighted by molar-refractivity contribution is -0.220. The van der Waals surface area contributed by atoms with Crippen molar-refractivity contribution >= 4 is 12.3 Å². The first-order chi connectivity index (χ1) is 16.1. The molecule has 0 amide bonds. The van der Waals surface area contributed by atoms with Crippen molar-refractivity contribution in [2.45, 2.75) is 94.2 Å². The second-order valence-electron chi connectivity index (χ2n) is 11.6. The Morgan fingerprint density at radius 2 is 1.94 bits per heavy atom. The molecule has 8 nitrogen and oxygen atoms in total. The predicted octanol–water partition coefficient (Wildman–Crippen LogP) is 2.09.